The molecule has 2 heterocycles. The van der Waals surface area contributed by atoms with Crippen LogP contribution in [-0.2, 0) is 0 Å². The molecule has 5 nitrogen and oxygen atoms in total. The van der Waals surface area contributed by atoms with Gasteiger partial charge in [-0.25, -0.2) is 0 Å². The summed E-state index contributed by atoms with van der Waals surface area (Å²) in [6, 6.07) is 14.4. The number of H-pyrrole nitrogens is 1. The molecule has 2 aromatic carbocycles. The van der Waals surface area contributed by atoms with E-state index in [1.807, 2.05) is 24.3 Å². The van der Waals surface area contributed by atoms with Crippen molar-refractivity contribution in [1.29, 1.82) is 0 Å². The normalized spacial score (nSPS) is 14.6. The lowest BCUT2D eigenvalue weighted by atomic mass is 10.1. The summed E-state index contributed by atoms with van der Waals surface area (Å²) in [4.78, 5) is 32.0. The smallest absolute Gasteiger partial charge is 0.271 e. The molecule has 0 saturated carbocycles. The largest absolute Gasteiger partial charge is 0.349 e. The van der Waals surface area contributed by atoms with Gasteiger partial charge in [0.05, 0.1) is 5.02 Å². The average Bonchev–Trinajstić information content (AvgIpc) is 3.04. The fourth-order valence-corrected chi connectivity index (χ4v) is 3.72. The van der Waals surface area contributed by atoms with Gasteiger partial charge in [-0.15, -0.1) is 0 Å². The number of para-hydroxylation sites is 1. The molecule has 138 valence electrons. The summed E-state index contributed by atoms with van der Waals surface area (Å²) in [7, 11) is 0. The van der Waals surface area contributed by atoms with Crippen LogP contribution in [0.4, 0.5) is 0 Å². The highest BCUT2D eigenvalue weighted by atomic mass is 35.5. The SMILES string of the molecule is O=C(c1ccc(Cl)cc1)N1CCN(C(=O)c2[nH]c3ccccc3c2Cl)CC1. The molecule has 1 N–H and O–H groups in total. The molecular formula is C20H17Cl2N3O2. The molecular weight excluding hydrogens is 385 g/mol. The number of rotatable bonds is 2. The molecule has 4 rings (SSSR count). The van der Waals surface area contributed by atoms with Crippen LogP contribution in [0.1, 0.15) is 20.8 Å². The van der Waals surface area contributed by atoms with Gasteiger partial charge in [-0.3, -0.25) is 9.59 Å². The van der Waals surface area contributed by atoms with Crippen molar-refractivity contribution in [3.63, 3.8) is 0 Å². The van der Waals surface area contributed by atoms with Crippen LogP contribution in [0.15, 0.2) is 48.5 Å². The Hall–Kier alpha value is -2.50. The number of aromatic nitrogens is 1. The van der Waals surface area contributed by atoms with Gasteiger partial charge in [0.25, 0.3) is 11.8 Å². The van der Waals surface area contributed by atoms with E-state index in [0.717, 1.165) is 10.9 Å². The number of nitrogens with one attached hydrogen (secondary N) is 1. The predicted octanol–water partition coefficient (Wildman–Crippen LogP) is 4.07. The third kappa shape index (κ3) is 3.40. The van der Waals surface area contributed by atoms with E-state index in [4.69, 9.17) is 23.2 Å². The number of piperazine rings is 1. The minimum atomic E-state index is -0.144. The summed E-state index contributed by atoms with van der Waals surface area (Å²) >= 11 is 12.3. The Morgan fingerprint density at radius 3 is 2.04 bits per heavy atom. The quantitative estimate of drug-likeness (QED) is 0.703. The molecule has 7 heteroatoms. The number of benzene rings is 2. The van der Waals surface area contributed by atoms with E-state index in [0.29, 0.717) is 47.5 Å². The molecule has 0 bridgehead atoms. The molecule has 27 heavy (non-hydrogen) atoms. The van der Waals surface area contributed by atoms with Gasteiger partial charge in [-0.2, -0.15) is 0 Å². The second kappa shape index (κ2) is 7.25. The average molecular weight is 402 g/mol. The van der Waals surface area contributed by atoms with E-state index in [1.165, 1.54) is 0 Å². The Labute approximate surface area is 166 Å². The lowest BCUT2D eigenvalue weighted by Crippen LogP contribution is -2.50. The fraction of sp³-hybridized carbons (Fsp3) is 0.200. The van der Waals surface area contributed by atoms with Crippen LogP contribution in [0.5, 0.6) is 0 Å². The highest BCUT2D eigenvalue weighted by Gasteiger charge is 2.27. The van der Waals surface area contributed by atoms with Crippen molar-refractivity contribution in [3.05, 3.63) is 69.8 Å². The zero-order valence-corrected chi connectivity index (χ0v) is 15.9. The maximum atomic E-state index is 12.9. The van der Waals surface area contributed by atoms with Crippen LogP contribution >= 0.6 is 23.2 Å². The standard InChI is InChI=1S/C20H17Cl2N3O2/c21-14-7-5-13(6-8-14)19(26)24-9-11-25(12-10-24)20(27)18-17(22)15-3-1-2-4-16(15)23-18/h1-8,23H,9-12H2. The Balaban J connectivity index is 1.45. The van der Waals surface area contributed by atoms with E-state index in [9.17, 15) is 9.59 Å². The van der Waals surface area contributed by atoms with Crippen LogP contribution in [0.3, 0.4) is 0 Å². The number of nitrogens with zero attached hydrogens (tertiary/aromatic N) is 2. The van der Waals surface area contributed by atoms with Gasteiger partial charge >= 0.3 is 0 Å². The van der Waals surface area contributed by atoms with Gasteiger partial charge in [-0.1, -0.05) is 41.4 Å². The topological polar surface area (TPSA) is 56.4 Å². The lowest BCUT2D eigenvalue weighted by Gasteiger charge is -2.34. The molecule has 1 aromatic heterocycles. The van der Waals surface area contributed by atoms with Gasteiger partial charge < -0.3 is 14.8 Å². The summed E-state index contributed by atoms with van der Waals surface area (Å²) in [5.74, 6) is -0.197. The summed E-state index contributed by atoms with van der Waals surface area (Å²) in [5.41, 5.74) is 1.83. The minimum Gasteiger partial charge on any atom is -0.349 e. The molecule has 2 amide bonds. The zero-order chi connectivity index (χ0) is 19.0. The van der Waals surface area contributed by atoms with Crippen molar-refractivity contribution >= 4 is 45.9 Å². The maximum absolute atomic E-state index is 12.9. The first-order chi connectivity index (χ1) is 13.0. The monoisotopic (exact) mass is 401 g/mol. The highest BCUT2D eigenvalue weighted by molar-refractivity contribution is 6.38. The predicted molar refractivity (Wildman–Crippen MR) is 107 cm³/mol. The Bertz CT molecular complexity index is 1010. The Morgan fingerprint density at radius 2 is 1.41 bits per heavy atom. The first-order valence-electron chi connectivity index (χ1n) is 8.65. The van der Waals surface area contributed by atoms with Gasteiger partial charge in [0.15, 0.2) is 0 Å². The molecule has 1 fully saturated rings. The van der Waals surface area contributed by atoms with E-state index in [-0.39, 0.29) is 11.8 Å². The van der Waals surface area contributed by atoms with Crippen molar-refractivity contribution < 1.29 is 9.59 Å². The first-order valence-corrected chi connectivity index (χ1v) is 9.40. The van der Waals surface area contributed by atoms with Crippen molar-refractivity contribution in [1.82, 2.24) is 14.8 Å². The lowest BCUT2D eigenvalue weighted by molar-refractivity contribution is 0.0533. The molecule has 0 radical (unpaired) electrons. The van der Waals surface area contributed by atoms with Gasteiger partial charge in [0.2, 0.25) is 0 Å². The number of fused-ring (bicyclic) bond motifs is 1. The van der Waals surface area contributed by atoms with Gasteiger partial charge in [0, 0.05) is 47.7 Å². The number of hydrogen-bond acceptors (Lipinski definition) is 2. The molecule has 0 spiro atoms. The molecule has 1 saturated heterocycles. The molecule has 1 aliphatic rings. The molecule has 1 aliphatic heterocycles. The molecule has 3 aromatic rings. The zero-order valence-electron chi connectivity index (χ0n) is 14.4. The Morgan fingerprint density at radius 1 is 0.815 bits per heavy atom. The Kier molecular flexibility index (Phi) is 4.81. The van der Waals surface area contributed by atoms with Crippen LogP contribution in [0.2, 0.25) is 10.0 Å². The molecule has 0 aliphatic carbocycles. The number of halogens is 2. The van der Waals surface area contributed by atoms with Crippen LogP contribution in [0, 0.1) is 0 Å². The van der Waals surface area contributed by atoms with E-state index < -0.39 is 0 Å². The number of aromatic amines is 1. The van der Waals surface area contributed by atoms with E-state index >= 15 is 0 Å². The molecule has 0 unspecified atom stereocenters. The number of carbonyl (C=O) groups is 2. The summed E-state index contributed by atoms with van der Waals surface area (Å²) in [6.45, 7) is 1.88. The van der Waals surface area contributed by atoms with Crippen molar-refractivity contribution in [2.24, 2.45) is 0 Å². The summed E-state index contributed by atoms with van der Waals surface area (Å²) in [6.07, 6.45) is 0. The minimum absolute atomic E-state index is 0.0533. The van der Waals surface area contributed by atoms with Crippen LogP contribution in [-0.4, -0.2) is 52.8 Å². The fourth-order valence-electron chi connectivity index (χ4n) is 3.30. The van der Waals surface area contributed by atoms with Crippen LogP contribution in [0.25, 0.3) is 10.9 Å². The van der Waals surface area contributed by atoms with Crippen LogP contribution < -0.4 is 0 Å². The van der Waals surface area contributed by atoms with Crippen molar-refractivity contribution in [2.75, 3.05) is 26.2 Å². The number of hydrogen-bond donors (Lipinski definition) is 1. The van der Waals surface area contributed by atoms with Gasteiger partial charge in [0.1, 0.15) is 5.69 Å². The second-order valence-electron chi connectivity index (χ2n) is 6.45. The van der Waals surface area contributed by atoms with E-state index in [2.05, 4.69) is 4.98 Å². The maximum Gasteiger partial charge on any atom is 0.271 e. The van der Waals surface area contributed by atoms with Crippen molar-refractivity contribution in [3.8, 4) is 0 Å². The first kappa shape index (κ1) is 17.9. The van der Waals surface area contributed by atoms with Crippen molar-refractivity contribution in [2.45, 2.75) is 0 Å². The van der Waals surface area contributed by atoms with E-state index in [1.54, 1.807) is 34.1 Å². The highest BCUT2D eigenvalue weighted by Crippen LogP contribution is 2.28. The third-order valence-corrected chi connectivity index (χ3v) is 5.45. The second-order valence-corrected chi connectivity index (χ2v) is 7.27. The molecule has 0 atom stereocenters. The summed E-state index contributed by atoms with van der Waals surface area (Å²) in [5, 5.41) is 1.87. The number of amides is 2. The summed E-state index contributed by atoms with van der Waals surface area (Å²) < 4.78 is 0. The number of carbonyl (C=O) groups excluding carboxylic acids is 2. The van der Waals surface area contributed by atoms with Gasteiger partial charge in [-0.05, 0) is 30.3 Å². The third-order valence-electron chi connectivity index (χ3n) is 4.80.